The van der Waals surface area contributed by atoms with Gasteiger partial charge in [0.25, 0.3) is 0 Å². The highest BCUT2D eigenvalue weighted by atomic mass is 32.2. The zero-order valence-corrected chi connectivity index (χ0v) is 11.9. The van der Waals surface area contributed by atoms with Crippen LogP contribution in [0.1, 0.15) is 45.0 Å². The zero-order chi connectivity index (χ0) is 13.0. The Bertz CT molecular complexity index is 376. The SMILES string of the molecule is CCSc1nnc(C(N)CC)n1CC1CCCO1. The summed E-state index contributed by atoms with van der Waals surface area (Å²) in [6.07, 6.45) is 3.44. The summed E-state index contributed by atoms with van der Waals surface area (Å²) in [7, 11) is 0. The molecule has 102 valence electrons. The van der Waals surface area contributed by atoms with Crippen molar-refractivity contribution in [1.29, 1.82) is 0 Å². The fourth-order valence-electron chi connectivity index (χ4n) is 2.16. The van der Waals surface area contributed by atoms with Crippen LogP contribution in [0.4, 0.5) is 0 Å². The molecule has 2 atom stereocenters. The third-order valence-corrected chi connectivity index (χ3v) is 4.05. The molecule has 0 aliphatic carbocycles. The van der Waals surface area contributed by atoms with Gasteiger partial charge < -0.3 is 15.0 Å². The van der Waals surface area contributed by atoms with E-state index in [-0.39, 0.29) is 6.04 Å². The summed E-state index contributed by atoms with van der Waals surface area (Å²) in [4.78, 5) is 0. The van der Waals surface area contributed by atoms with Crippen molar-refractivity contribution in [3.63, 3.8) is 0 Å². The summed E-state index contributed by atoms with van der Waals surface area (Å²) in [6, 6.07) is -0.0369. The first kappa shape index (κ1) is 13.8. The Morgan fingerprint density at radius 3 is 2.94 bits per heavy atom. The van der Waals surface area contributed by atoms with Gasteiger partial charge >= 0.3 is 0 Å². The van der Waals surface area contributed by atoms with Gasteiger partial charge in [-0.3, -0.25) is 0 Å². The average Bonchev–Trinajstić information content (AvgIpc) is 3.01. The van der Waals surface area contributed by atoms with E-state index in [9.17, 15) is 0 Å². The molecule has 1 aromatic heterocycles. The Hall–Kier alpha value is -0.590. The lowest BCUT2D eigenvalue weighted by Gasteiger charge is -2.16. The number of hydrogen-bond donors (Lipinski definition) is 1. The zero-order valence-electron chi connectivity index (χ0n) is 11.1. The normalized spacial score (nSPS) is 21.4. The molecule has 2 rings (SSSR count). The van der Waals surface area contributed by atoms with Crippen molar-refractivity contribution in [3.05, 3.63) is 5.82 Å². The molecule has 1 aromatic rings. The maximum atomic E-state index is 6.11. The lowest BCUT2D eigenvalue weighted by atomic mass is 10.2. The largest absolute Gasteiger partial charge is 0.376 e. The minimum absolute atomic E-state index is 0.0369. The highest BCUT2D eigenvalue weighted by Crippen LogP contribution is 2.23. The van der Waals surface area contributed by atoms with Gasteiger partial charge in [0.05, 0.1) is 18.7 Å². The maximum absolute atomic E-state index is 6.11. The van der Waals surface area contributed by atoms with Crippen molar-refractivity contribution < 1.29 is 4.74 Å². The van der Waals surface area contributed by atoms with Crippen LogP contribution in [0, 0.1) is 0 Å². The Labute approximate surface area is 112 Å². The Morgan fingerprint density at radius 1 is 1.50 bits per heavy atom. The molecule has 2 unspecified atom stereocenters. The average molecular weight is 270 g/mol. The smallest absolute Gasteiger partial charge is 0.191 e. The molecule has 5 nitrogen and oxygen atoms in total. The molecule has 0 amide bonds. The first-order valence-electron chi connectivity index (χ1n) is 6.69. The molecule has 0 aromatic carbocycles. The monoisotopic (exact) mass is 270 g/mol. The molecule has 2 N–H and O–H groups in total. The van der Waals surface area contributed by atoms with Crippen LogP contribution in [0.5, 0.6) is 0 Å². The van der Waals surface area contributed by atoms with E-state index < -0.39 is 0 Å². The third-order valence-electron chi connectivity index (χ3n) is 3.20. The molecular weight excluding hydrogens is 248 g/mol. The van der Waals surface area contributed by atoms with Crippen molar-refractivity contribution in [2.24, 2.45) is 5.73 Å². The fourth-order valence-corrected chi connectivity index (χ4v) is 2.84. The van der Waals surface area contributed by atoms with Crippen LogP contribution < -0.4 is 5.73 Å². The van der Waals surface area contributed by atoms with E-state index in [1.165, 1.54) is 0 Å². The number of thioether (sulfide) groups is 1. The van der Waals surface area contributed by atoms with Gasteiger partial charge in [-0.1, -0.05) is 25.6 Å². The van der Waals surface area contributed by atoms with Crippen LogP contribution in [0.15, 0.2) is 5.16 Å². The standard InChI is InChI=1S/C12H22N4OS/c1-3-10(13)11-14-15-12(18-4-2)16(11)8-9-6-5-7-17-9/h9-10H,3-8,13H2,1-2H3. The van der Waals surface area contributed by atoms with Gasteiger partial charge in [0.15, 0.2) is 11.0 Å². The molecule has 0 spiro atoms. The van der Waals surface area contributed by atoms with E-state index in [1.54, 1.807) is 11.8 Å². The number of ether oxygens (including phenoxy) is 1. The molecular formula is C12H22N4OS. The van der Waals surface area contributed by atoms with Gasteiger partial charge in [-0.15, -0.1) is 10.2 Å². The molecule has 0 radical (unpaired) electrons. The topological polar surface area (TPSA) is 66.0 Å². The van der Waals surface area contributed by atoms with Crippen molar-refractivity contribution >= 4 is 11.8 Å². The van der Waals surface area contributed by atoms with Crippen molar-refractivity contribution in [3.8, 4) is 0 Å². The van der Waals surface area contributed by atoms with E-state index in [0.717, 1.165) is 49.1 Å². The van der Waals surface area contributed by atoms with Gasteiger partial charge in [0.2, 0.25) is 0 Å². The summed E-state index contributed by atoms with van der Waals surface area (Å²) >= 11 is 1.71. The van der Waals surface area contributed by atoms with Crippen LogP contribution in [-0.2, 0) is 11.3 Å². The third kappa shape index (κ3) is 3.05. The minimum atomic E-state index is -0.0369. The molecule has 1 saturated heterocycles. The van der Waals surface area contributed by atoms with E-state index >= 15 is 0 Å². The quantitative estimate of drug-likeness (QED) is 0.801. The molecule has 1 aliphatic rings. The summed E-state index contributed by atoms with van der Waals surface area (Å²) < 4.78 is 7.85. The van der Waals surface area contributed by atoms with Gasteiger partial charge in [-0.25, -0.2) is 0 Å². The van der Waals surface area contributed by atoms with Crippen LogP contribution in [-0.4, -0.2) is 33.2 Å². The van der Waals surface area contributed by atoms with Crippen LogP contribution in [0.25, 0.3) is 0 Å². The number of nitrogens with zero attached hydrogens (tertiary/aromatic N) is 3. The van der Waals surface area contributed by atoms with Crippen molar-refractivity contribution in [2.75, 3.05) is 12.4 Å². The van der Waals surface area contributed by atoms with Crippen molar-refractivity contribution in [2.45, 2.75) is 57.0 Å². The summed E-state index contributed by atoms with van der Waals surface area (Å²) in [5.41, 5.74) is 6.11. The van der Waals surface area contributed by atoms with Crippen LogP contribution in [0.2, 0.25) is 0 Å². The highest BCUT2D eigenvalue weighted by Gasteiger charge is 2.22. The van der Waals surface area contributed by atoms with Crippen LogP contribution >= 0.6 is 11.8 Å². The van der Waals surface area contributed by atoms with Gasteiger partial charge in [-0.05, 0) is 25.0 Å². The second-order valence-electron chi connectivity index (χ2n) is 4.53. The molecule has 18 heavy (non-hydrogen) atoms. The van der Waals surface area contributed by atoms with Gasteiger partial charge in [-0.2, -0.15) is 0 Å². The summed E-state index contributed by atoms with van der Waals surface area (Å²) in [5, 5.41) is 9.48. The Morgan fingerprint density at radius 2 is 2.33 bits per heavy atom. The van der Waals surface area contributed by atoms with Crippen LogP contribution in [0.3, 0.4) is 0 Å². The second-order valence-corrected chi connectivity index (χ2v) is 5.77. The fraction of sp³-hybridized carbons (Fsp3) is 0.833. The van der Waals surface area contributed by atoms with E-state index in [0.29, 0.717) is 6.10 Å². The molecule has 0 bridgehead atoms. The predicted octanol–water partition coefficient (Wildman–Crippen LogP) is 1.98. The number of aromatic nitrogens is 3. The summed E-state index contributed by atoms with van der Waals surface area (Å²) in [5.74, 6) is 1.88. The van der Waals surface area contributed by atoms with Gasteiger partial charge in [0, 0.05) is 6.61 Å². The lowest BCUT2D eigenvalue weighted by Crippen LogP contribution is -2.22. The van der Waals surface area contributed by atoms with Gasteiger partial charge in [0.1, 0.15) is 0 Å². The second kappa shape index (κ2) is 6.54. The number of rotatable bonds is 6. The molecule has 2 heterocycles. The Balaban J connectivity index is 2.18. The van der Waals surface area contributed by atoms with E-state index in [1.807, 2.05) is 0 Å². The minimum Gasteiger partial charge on any atom is -0.376 e. The Kier molecular flexibility index (Phi) is 5.03. The molecule has 0 saturated carbocycles. The predicted molar refractivity (Wildman–Crippen MR) is 72.6 cm³/mol. The first-order valence-corrected chi connectivity index (χ1v) is 7.67. The summed E-state index contributed by atoms with van der Waals surface area (Å²) in [6.45, 7) is 5.90. The maximum Gasteiger partial charge on any atom is 0.191 e. The number of nitrogens with two attached hydrogens (primary N) is 1. The molecule has 1 aliphatic heterocycles. The highest BCUT2D eigenvalue weighted by molar-refractivity contribution is 7.99. The van der Waals surface area contributed by atoms with E-state index in [2.05, 4.69) is 28.6 Å². The van der Waals surface area contributed by atoms with Crippen molar-refractivity contribution in [1.82, 2.24) is 14.8 Å². The first-order chi connectivity index (χ1) is 8.76. The number of hydrogen-bond acceptors (Lipinski definition) is 5. The molecule has 6 heteroatoms. The van der Waals surface area contributed by atoms with E-state index in [4.69, 9.17) is 10.5 Å². The lowest BCUT2D eigenvalue weighted by molar-refractivity contribution is 0.0938. The molecule has 1 fully saturated rings.